The van der Waals surface area contributed by atoms with Crippen molar-refractivity contribution in [3.05, 3.63) is 29.8 Å². The lowest BCUT2D eigenvalue weighted by Crippen LogP contribution is -2.38. The van der Waals surface area contributed by atoms with Crippen LogP contribution in [-0.2, 0) is 9.59 Å². The number of hydrogen-bond donors (Lipinski definition) is 1. The fourth-order valence-electron chi connectivity index (χ4n) is 2.39. The number of nitrogens with one attached hydrogen (secondary N) is 1. The molecule has 1 fully saturated rings. The highest BCUT2D eigenvalue weighted by Crippen LogP contribution is 2.25. The van der Waals surface area contributed by atoms with Crippen LogP contribution in [0.15, 0.2) is 24.3 Å². The molecular formula is C16H22N2O2. The number of anilines is 1. The van der Waals surface area contributed by atoms with Crippen LogP contribution in [0.4, 0.5) is 5.69 Å². The maximum atomic E-state index is 12.1. The van der Waals surface area contributed by atoms with Crippen LogP contribution in [-0.4, -0.2) is 24.4 Å². The molecule has 20 heavy (non-hydrogen) atoms. The van der Waals surface area contributed by atoms with Gasteiger partial charge in [0.15, 0.2) is 0 Å². The third kappa shape index (κ3) is 3.18. The van der Waals surface area contributed by atoms with Gasteiger partial charge in [-0.25, -0.2) is 0 Å². The van der Waals surface area contributed by atoms with Gasteiger partial charge in [-0.05, 0) is 38.0 Å². The van der Waals surface area contributed by atoms with Gasteiger partial charge in [0.1, 0.15) is 0 Å². The molecule has 1 aromatic carbocycles. The quantitative estimate of drug-likeness (QED) is 0.915. The van der Waals surface area contributed by atoms with Crippen LogP contribution >= 0.6 is 0 Å². The van der Waals surface area contributed by atoms with Gasteiger partial charge in [0.2, 0.25) is 11.8 Å². The monoisotopic (exact) mass is 274 g/mol. The van der Waals surface area contributed by atoms with Crippen LogP contribution in [0.2, 0.25) is 0 Å². The highest BCUT2D eigenvalue weighted by atomic mass is 16.2. The number of carbonyl (C=O) groups is 2. The molecule has 1 saturated heterocycles. The summed E-state index contributed by atoms with van der Waals surface area (Å²) in [6.07, 6.45) is 1.20. The van der Waals surface area contributed by atoms with Crippen molar-refractivity contribution in [2.45, 2.75) is 39.7 Å². The van der Waals surface area contributed by atoms with Crippen LogP contribution in [0.25, 0.3) is 0 Å². The summed E-state index contributed by atoms with van der Waals surface area (Å²) in [5, 5.41) is 2.96. The number of aryl methyl sites for hydroxylation is 1. The predicted molar refractivity (Wildman–Crippen MR) is 79.5 cm³/mol. The van der Waals surface area contributed by atoms with E-state index in [0.717, 1.165) is 17.7 Å². The Bertz CT molecular complexity index is 513. The zero-order valence-corrected chi connectivity index (χ0v) is 12.3. The van der Waals surface area contributed by atoms with Crippen molar-refractivity contribution >= 4 is 17.5 Å². The van der Waals surface area contributed by atoms with Crippen molar-refractivity contribution in [2.24, 2.45) is 5.92 Å². The summed E-state index contributed by atoms with van der Waals surface area (Å²) < 4.78 is 0. The van der Waals surface area contributed by atoms with Crippen LogP contribution in [0.5, 0.6) is 0 Å². The highest BCUT2D eigenvalue weighted by Gasteiger charge is 2.35. The molecule has 1 aliphatic rings. The first-order valence-corrected chi connectivity index (χ1v) is 7.18. The smallest absolute Gasteiger partial charge is 0.227 e. The fraction of sp³-hybridized carbons (Fsp3) is 0.500. The maximum absolute atomic E-state index is 12.1. The Morgan fingerprint density at radius 2 is 2.25 bits per heavy atom. The van der Waals surface area contributed by atoms with Crippen LogP contribution in [0.3, 0.4) is 0 Å². The van der Waals surface area contributed by atoms with Crippen molar-refractivity contribution in [3.8, 4) is 0 Å². The van der Waals surface area contributed by atoms with Gasteiger partial charge in [0, 0.05) is 24.7 Å². The first-order valence-electron chi connectivity index (χ1n) is 7.18. The Balaban J connectivity index is 2.05. The van der Waals surface area contributed by atoms with Gasteiger partial charge in [-0.3, -0.25) is 9.59 Å². The number of nitrogens with zero attached hydrogens (tertiary/aromatic N) is 1. The Morgan fingerprint density at radius 3 is 2.90 bits per heavy atom. The summed E-state index contributed by atoms with van der Waals surface area (Å²) in [7, 11) is 0. The van der Waals surface area contributed by atoms with Crippen molar-refractivity contribution in [1.29, 1.82) is 0 Å². The minimum absolute atomic E-state index is 0.0112. The SMILES string of the molecule is CC[C@@H](C)NC(=O)[C@H]1CC(=O)N(c2cccc(C)c2)C1. The molecule has 2 amide bonds. The van der Waals surface area contributed by atoms with Gasteiger partial charge in [-0.2, -0.15) is 0 Å². The molecule has 0 spiro atoms. The molecule has 1 aromatic rings. The van der Waals surface area contributed by atoms with Gasteiger partial charge in [-0.1, -0.05) is 19.1 Å². The molecule has 0 bridgehead atoms. The number of rotatable bonds is 4. The maximum Gasteiger partial charge on any atom is 0.227 e. The van der Waals surface area contributed by atoms with Crippen molar-refractivity contribution < 1.29 is 9.59 Å². The van der Waals surface area contributed by atoms with Gasteiger partial charge in [0.25, 0.3) is 0 Å². The molecule has 1 N–H and O–H groups in total. The average molecular weight is 274 g/mol. The Hall–Kier alpha value is -1.84. The average Bonchev–Trinajstić information content (AvgIpc) is 2.80. The van der Waals surface area contributed by atoms with Gasteiger partial charge < -0.3 is 10.2 Å². The summed E-state index contributed by atoms with van der Waals surface area (Å²) >= 11 is 0. The van der Waals surface area contributed by atoms with Crippen LogP contribution < -0.4 is 10.2 Å². The molecule has 4 nitrogen and oxygen atoms in total. The molecule has 0 unspecified atom stereocenters. The zero-order chi connectivity index (χ0) is 14.7. The number of carbonyl (C=O) groups excluding carboxylic acids is 2. The molecule has 2 rings (SSSR count). The predicted octanol–water partition coefficient (Wildman–Crippen LogP) is 2.26. The largest absolute Gasteiger partial charge is 0.353 e. The van der Waals surface area contributed by atoms with Crippen LogP contribution in [0.1, 0.15) is 32.3 Å². The van der Waals surface area contributed by atoms with E-state index in [1.165, 1.54) is 0 Å². The fourth-order valence-corrected chi connectivity index (χ4v) is 2.39. The second kappa shape index (κ2) is 6.07. The van der Waals surface area contributed by atoms with Gasteiger partial charge >= 0.3 is 0 Å². The number of hydrogen-bond acceptors (Lipinski definition) is 2. The lowest BCUT2D eigenvalue weighted by molar-refractivity contribution is -0.126. The van der Waals surface area contributed by atoms with E-state index in [1.54, 1.807) is 4.90 Å². The molecule has 1 aliphatic heterocycles. The van der Waals surface area contributed by atoms with Gasteiger partial charge in [-0.15, -0.1) is 0 Å². The Kier molecular flexibility index (Phi) is 4.42. The molecule has 0 radical (unpaired) electrons. The molecule has 1 heterocycles. The van der Waals surface area contributed by atoms with E-state index in [2.05, 4.69) is 5.32 Å². The zero-order valence-electron chi connectivity index (χ0n) is 12.3. The summed E-state index contributed by atoms with van der Waals surface area (Å²) in [4.78, 5) is 25.9. The van der Waals surface area contributed by atoms with E-state index in [0.29, 0.717) is 13.0 Å². The van der Waals surface area contributed by atoms with Crippen molar-refractivity contribution in [3.63, 3.8) is 0 Å². The molecule has 0 aliphatic carbocycles. The summed E-state index contributed by atoms with van der Waals surface area (Å²) in [5.74, 6) is -0.222. The standard InChI is InChI=1S/C16H22N2O2/c1-4-12(3)17-16(20)13-9-15(19)18(10-13)14-7-5-6-11(2)8-14/h5-8,12-13H,4,9-10H2,1-3H3,(H,17,20)/t12-,13+/m1/s1. The molecule has 108 valence electrons. The summed E-state index contributed by atoms with van der Waals surface area (Å²) in [6, 6.07) is 7.99. The minimum Gasteiger partial charge on any atom is -0.353 e. The molecular weight excluding hydrogens is 252 g/mol. The summed E-state index contributed by atoms with van der Waals surface area (Å²) in [6.45, 7) is 6.48. The first-order chi connectivity index (χ1) is 9.51. The second-order valence-electron chi connectivity index (χ2n) is 5.56. The van der Waals surface area contributed by atoms with E-state index >= 15 is 0 Å². The lowest BCUT2D eigenvalue weighted by Gasteiger charge is -2.18. The molecule has 0 saturated carbocycles. The third-order valence-corrected chi connectivity index (χ3v) is 3.81. The third-order valence-electron chi connectivity index (χ3n) is 3.81. The Morgan fingerprint density at radius 1 is 1.50 bits per heavy atom. The van der Waals surface area contributed by atoms with E-state index < -0.39 is 0 Å². The normalized spacial score (nSPS) is 20.1. The van der Waals surface area contributed by atoms with Crippen molar-refractivity contribution in [1.82, 2.24) is 5.32 Å². The van der Waals surface area contributed by atoms with E-state index in [-0.39, 0.29) is 23.8 Å². The van der Waals surface area contributed by atoms with E-state index in [1.807, 2.05) is 45.0 Å². The summed E-state index contributed by atoms with van der Waals surface area (Å²) in [5.41, 5.74) is 2.00. The first kappa shape index (κ1) is 14.6. The molecule has 0 aromatic heterocycles. The van der Waals surface area contributed by atoms with Crippen molar-refractivity contribution in [2.75, 3.05) is 11.4 Å². The van der Waals surface area contributed by atoms with E-state index in [9.17, 15) is 9.59 Å². The minimum atomic E-state index is -0.239. The second-order valence-corrected chi connectivity index (χ2v) is 5.56. The topological polar surface area (TPSA) is 49.4 Å². The van der Waals surface area contributed by atoms with E-state index in [4.69, 9.17) is 0 Å². The number of amides is 2. The lowest BCUT2D eigenvalue weighted by atomic mass is 10.1. The van der Waals surface area contributed by atoms with Gasteiger partial charge in [0.05, 0.1) is 5.92 Å². The highest BCUT2D eigenvalue weighted by molar-refractivity contribution is 6.00. The Labute approximate surface area is 120 Å². The van der Waals surface area contributed by atoms with Crippen LogP contribution in [0, 0.1) is 12.8 Å². The molecule has 2 atom stereocenters. The molecule has 4 heteroatoms. The number of benzene rings is 1.